The summed E-state index contributed by atoms with van der Waals surface area (Å²) in [5, 5.41) is 11.4. The van der Waals surface area contributed by atoms with Crippen molar-refractivity contribution in [1.82, 2.24) is 10.2 Å². The number of amides is 2. The van der Waals surface area contributed by atoms with Crippen molar-refractivity contribution in [3.63, 3.8) is 0 Å². The van der Waals surface area contributed by atoms with Crippen molar-refractivity contribution in [3.05, 3.63) is 35.4 Å². The predicted molar refractivity (Wildman–Crippen MR) is 73.0 cm³/mol. The number of carbonyl (C=O) groups is 2. The zero-order chi connectivity index (χ0) is 14.4. The van der Waals surface area contributed by atoms with Crippen LogP contribution in [0.1, 0.15) is 30.5 Å². The molecule has 0 aromatic heterocycles. The molecule has 0 aliphatic heterocycles. The zero-order valence-corrected chi connectivity index (χ0v) is 11.5. The molecule has 5 nitrogen and oxygen atoms in total. The molecule has 0 radical (unpaired) electrons. The molecule has 1 rings (SSSR count). The molecular formula is C14H20N2O3. The van der Waals surface area contributed by atoms with Gasteiger partial charge in [0.05, 0.1) is 12.5 Å². The Morgan fingerprint density at radius 2 is 1.89 bits per heavy atom. The fourth-order valence-electron chi connectivity index (χ4n) is 1.60. The number of benzene rings is 1. The number of nitrogens with one attached hydrogen (secondary N) is 1. The highest BCUT2D eigenvalue weighted by Crippen LogP contribution is 2.13. The van der Waals surface area contributed by atoms with E-state index in [1.54, 1.807) is 7.05 Å². The lowest BCUT2D eigenvalue weighted by Crippen LogP contribution is -2.39. The number of urea groups is 1. The Bertz CT molecular complexity index is 443. The van der Waals surface area contributed by atoms with E-state index in [1.165, 1.54) is 10.5 Å². The van der Waals surface area contributed by atoms with Gasteiger partial charge in [-0.3, -0.25) is 4.79 Å². The predicted octanol–water partition coefficient (Wildman–Crippen LogP) is 2.17. The summed E-state index contributed by atoms with van der Waals surface area (Å²) < 4.78 is 0. The molecule has 2 N–H and O–H groups in total. The van der Waals surface area contributed by atoms with E-state index in [-0.39, 0.29) is 25.0 Å². The summed E-state index contributed by atoms with van der Waals surface area (Å²) in [4.78, 5) is 23.6. The quantitative estimate of drug-likeness (QED) is 0.856. The lowest BCUT2D eigenvalue weighted by Gasteiger charge is -2.21. The summed E-state index contributed by atoms with van der Waals surface area (Å²) in [5.74, 6) is -0.911. The normalized spacial score (nSPS) is 11.7. The Kier molecular flexibility index (Phi) is 5.36. The van der Waals surface area contributed by atoms with Crippen LogP contribution in [0.3, 0.4) is 0 Å². The molecule has 0 saturated heterocycles. The van der Waals surface area contributed by atoms with Gasteiger partial charge in [0.25, 0.3) is 0 Å². The largest absolute Gasteiger partial charge is 0.481 e. The summed E-state index contributed by atoms with van der Waals surface area (Å²) in [7, 11) is 1.58. The Morgan fingerprint density at radius 3 is 2.42 bits per heavy atom. The Morgan fingerprint density at radius 1 is 1.32 bits per heavy atom. The third kappa shape index (κ3) is 4.99. The minimum absolute atomic E-state index is 0.0527. The lowest BCUT2D eigenvalue weighted by atomic mass is 10.1. The van der Waals surface area contributed by atoms with Crippen LogP contribution < -0.4 is 5.32 Å². The van der Waals surface area contributed by atoms with Crippen molar-refractivity contribution in [2.24, 2.45) is 0 Å². The highest BCUT2D eigenvalue weighted by atomic mass is 16.4. The van der Waals surface area contributed by atoms with Crippen molar-refractivity contribution in [3.8, 4) is 0 Å². The molecule has 0 aliphatic rings. The molecule has 0 bridgehead atoms. The van der Waals surface area contributed by atoms with E-state index in [4.69, 9.17) is 5.11 Å². The number of aliphatic carboxylic acids is 1. The van der Waals surface area contributed by atoms with Crippen molar-refractivity contribution in [2.75, 3.05) is 13.6 Å². The molecule has 19 heavy (non-hydrogen) atoms. The van der Waals surface area contributed by atoms with Crippen LogP contribution in [0.25, 0.3) is 0 Å². The van der Waals surface area contributed by atoms with Gasteiger partial charge in [0.2, 0.25) is 0 Å². The van der Waals surface area contributed by atoms with Gasteiger partial charge in [-0.1, -0.05) is 29.8 Å². The number of aryl methyl sites for hydroxylation is 1. The topological polar surface area (TPSA) is 69.6 Å². The number of rotatable bonds is 5. The maximum Gasteiger partial charge on any atom is 0.317 e. The number of nitrogens with zero attached hydrogens (tertiary/aromatic N) is 1. The Balaban J connectivity index is 2.51. The van der Waals surface area contributed by atoms with Crippen molar-refractivity contribution in [1.29, 1.82) is 0 Å². The minimum Gasteiger partial charge on any atom is -0.481 e. The summed E-state index contributed by atoms with van der Waals surface area (Å²) in [6.07, 6.45) is -0.0527. The first-order valence-corrected chi connectivity index (χ1v) is 6.20. The smallest absolute Gasteiger partial charge is 0.317 e. The van der Waals surface area contributed by atoms with E-state index in [1.807, 2.05) is 38.1 Å². The van der Waals surface area contributed by atoms with Gasteiger partial charge in [-0.15, -0.1) is 0 Å². The monoisotopic (exact) mass is 264 g/mol. The molecule has 0 spiro atoms. The molecule has 1 aromatic rings. The van der Waals surface area contributed by atoms with E-state index >= 15 is 0 Å². The van der Waals surface area contributed by atoms with Crippen molar-refractivity contribution in [2.45, 2.75) is 26.3 Å². The lowest BCUT2D eigenvalue weighted by molar-refractivity contribution is -0.137. The summed E-state index contributed by atoms with van der Waals surface area (Å²) in [6, 6.07) is 7.54. The molecule has 2 amide bonds. The summed E-state index contributed by atoms with van der Waals surface area (Å²) in [5.41, 5.74) is 2.19. The van der Waals surface area contributed by atoms with E-state index in [9.17, 15) is 9.59 Å². The highest BCUT2D eigenvalue weighted by Gasteiger charge is 2.13. The second-order valence-electron chi connectivity index (χ2n) is 4.65. The number of carboxylic acids is 1. The number of hydrogen-bond acceptors (Lipinski definition) is 2. The van der Waals surface area contributed by atoms with Crippen molar-refractivity contribution < 1.29 is 14.7 Å². The van der Waals surface area contributed by atoms with Crippen LogP contribution in [0.4, 0.5) is 4.79 Å². The standard InChI is InChI=1S/C14H20N2O3/c1-10-4-6-12(7-5-10)11(2)15-14(19)16(3)9-8-13(17)18/h4-7,11H,8-9H2,1-3H3,(H,15,19)(H,17,18). The van der Waals surface area contributed by atoms with E-state index < -0.39 is 5.97 Å². The van der Waals surface area contributed by atoms with Gasteiger partial charge < -0.3 is 15.3 Å². The van der Waals surface area contributed by atoms with Gasteiger partial charge in [0, 0.05) is 13.6 Å². The van der Waals surface area contributed by atoms with Gasteiger partial charge >= 0.3 is 12.0 Å². The van der Waals surface area contributed by atoms with Gasteiger partial charge in [0.1, 0.15) is 0 Å². The maximum absolute atomic E-state index is 11.8. The average molecular weight is 264 g/mol. The average Bonchev–Trinajstić information content (AvgIpc) is 2.36. The van der Waals surface area contributed by atoms with Crippen LogP contribution in [0.2, 0.25) is 0 Å². The van der Waals surface area contributed by atoms with Crippen LogP contribution >= 0.6 is 0 Å². The third-order valence-electron chi connectivity index (χ3n) is 2.93. The van der Waals surface area contributed by atoms with Crippen LogP contribution in [0.5, 0.6) is 0 Å². The summed E-state index contributed by atoms with van der Waals surface area (Å²) in [6.45, 7) is 4.10. The SMILES string of the molecule is Cc1ccc(C(C)NC(=O)N(C)CCC(=O)O)cc1. The van der Waals surface area contributed by atoms with Crippen LogP contribution in [-0.4, -0.2) is 35.6 Å². The Hall–Kier alpha value is -2.04. The van der Waals surface area contributed by atoms with E-state index in [0.717, 1.165) is 5.56 Å². The molecule has 1 aromatic carbocycles. The molecule has 0 heterocycles. The van der Waals surface area contributed by atoms with E-state index in [0.29, 0.717) is 0 Å². The minimum atomic E-state index is -0.911. The first-order valence-electron chi connectivity index (χ1n) is 6.20. The molecule has 0 aliphatic carbocycles. The van der Waals surface area contributed by atoms with Gasteiger partial charge in [-0.25, -0.2) is 4.79 Å². The fourth-order valence-corrected chi connectivity index (χ4v) is 1.60. The second-order valence-corrected chi connectivity index (χ2v) is 4.65. The van der Waals surface area contributed by atoms with Gasteiger partial charge in [-0.05, 0) is 19.4 Å². The van der Waals surface area contributed by atoms with Crippen LogP contribution in [0, 0.1) is 6.92 Å². The number of carboxylic acid groups (broad SMARTS) is 1. The van der Waals surface area contributed by atoms with Crippen LogP contribution in [-0.2, 0) is 4.79 Å². The summed E-state index contributed by atoms with van der Waals surface area (Å²) >= 11 is 0. The van der Waals surface area contributed by atoms with Gasteiger partial charge in [-0.2, -0.15) is 0 Å². The number of carbonyl (C=O) groups excluding carboxylic acids is 1. The third-order valence-corrected chi connectivity index (χ3v) is 2.93. The van der Waals surface area contributed by atoms with E-state index in [2.05, 4.69) is 5.32 Å². The molecule has 104 valence electrons. The Labute approximate surface area is 113 Å². The molecule has 5 heteroatoms. The first-order chi connectivity index (χ1) is 8.90. The highest BCUT2D eigenvalue weighted by molar-refractivity contribution is 5.75. The molecule has 0 fully saturated rings. The fraction of sp³-hybridized carbons (Fsp3) is 0.429. The molecule has 0 saturated carbocycles. The number of hydrogen-bond donors (Lipinski definition) is 2. The zero-order valence-electron chi connectivity index (χ0n) is 11.5. The van der Waals surface area contributed by atoms with Crippen molar-refractivity contribution >= 4 is 12.0 Å². The second kappa shape index (κ2) is 6.78. The van der Waals surface area contributed by atoms with Crippen LogP contribution in [0.15, 0.2) is 24.3 Å². The molecule has 1 atom stereocenters. The maximum atomic E-state index is 11.8. The molecular weight excluding hydrogens is 244 g/mol. The molecule has 1 unspecified atom stereocenters. The van der Waals surface area contributed by atoms with Gasteiger partial charge in [0.15, 0.2) is 0 Å². The first kappa shape index (κ1) is 15.0.